The third-order valence-electron chi connectivity index (χ3n) is 3.00. The Kier molecular flexibility index (Phi) is 4.78. The molecule has 100 valence electrons. The molecule has 0 unspecified atom stereocenters. The fourth-order valence-corrected chi connectivity index (χ4v) is 2.08. The van der Waals surface area contributed by atoms with Crippen molar-refractivity contribution in [1.82, 2.24) is 10.2 Å². The highest BCUT2D eigenvalue weighted by molar-refractivity contribution is 5.77. The Hall–Kier alpha value is -1.33. The molecule has 5 heteroatoms. The second-order valence-corrected chi connectivity index (χ2v) is 4.74. The molecule has 2 heterocycles. The van der Waals surface area contributed by atoms with Crippen LogP contribution in [0.15, 0.2) is 23.0 Å². The fourth-order valence-electron chi connectivity index (χ4n) is 2.08. The standard InChI is InChI=1S/C13H20N2O3/c1-15(8-11-4-6-17-10-11)9-13(16)14-7-12-3-2-5-18-12/h4,6,10,12H,2-3,5,7-9H2,1H3,(H,14,16)/t12-/m1/s1. The van der Waals surface area contributed by atoms with Gasteiger partial charge >= 0.3 is 0 Å². The average molecular weight is 252 g/mol. The van der Waals surface area contributed by atoms with Gasteiger partial charge in [0.2, 0.25) is 5.91 Å². The third-order valence-corrected chi connectivity index (χ3v) is 3.00. The van der Waals surface area contributed by atoms with E-state index in [-0.39, 0.29) is 12.0 Å². The Labute approximate surface area is 107 Å². The Balaban J connectivity index is 1.63. The van der Waals surface area contributed by atoms with Gasteiger partial charge in [-0.15, -0.1) is 0 Å². The number of rotatable bonds is 6. The number of furan rings is 1. The Morgan fingerprint density at radius 2 is 2.50 bits per heavy atom. The van der Waals surface area contributed by atoms with Gasteiger partial charge in [0.05, 0.1) is 25.2 Å². The van der Waals surface area contributed by atoms with Crippen LogP contribution in [0.1, 0.15) is 18.4 Å². The molecule has 18 heavy (non-hydrogen) atoms. The molecule has 0 saturated carbocycles. The normalized spacial score (nSPS) is 19.3. The molecule has 2 rings (SSSR count). The van der Waals surface area contributed by atoms with E-state index in [1.165, 1.54) is 0 Å². The first-order valence-electron chi connectivity index (χ1n) is 6.32. The van der Waals surface area contributed by atoms with Gasteiger partial charge in [-0.1, -0.05) is 0 Å². The van der Waals surface area contributed by atoms with E-state index in [1.807, 2.05) is 18.0 Å². The summed E-state index contributed by atoms with van der Waals surface area (Å²) in [7, 11) is 1.92. The zero-order chi connectivity index (χ0) is 12.8. The number of ether oxygens (including phenoxy) is 1. The first kappa shape index (κ1) is 13.1. The maximum Gasteiger partial charge on any atom is 0.234 e. The van der Waals surface area contributed by atoms with Gasteiger partial charge in [0, 0.05) is 25.3 Å². The quantitative estimate of drug-likeness (QED) is 0.821. The maximum absolute atomic E-state index is 11.7. The summed E-state index contributed by atoms with van der Waals surface area (Å²) in [5.41, 5.74) is 1.07. The van der Waals surface area contributed by atoms with E-state index in [4.69, 9.17) is 9.15 Å². The van der Waals surface area contributed by atoms with Crippen molar-refractivity contribution in [2.45, 2.75) is 25.5 Å². The molecule has 1 aromatic rings. The molecule has 1 aliphatic heterocycles. The van der Waals surface area contributed by atoms with Crippen LogP contribution in [0.2, 0.25) is 0 Å². The second kappa shape index (κ2) is 6.56. The number of carbonyl (C=O) groups excluding carboxylic acids is 1. The summed E-state index contributed by atoms with van der Waals surface area (Å²) >= 11 is 0. The number of nitrogens with zero attached hydrogens (tertiary/aromatic N) is 1. The number of carbonyl (C=O) groups is 1. The zero-order valence-electron chi connectivity index (χ0n) is 10.7. The molecular weight excluding hydrogens is 232 g/mol. The fraction of sp³-hybridized carbons (Fsp3) is 0.615. The lowest BCUT2D eigenvalue weighted by Gasteiger charge is -2.16. The lowest BCUT2D eigenvalue weighted by atomic mass is 10.2. The molecule has 1 amide bonds. The van der Waals surface area contributed by atoms with Gasteiger partial charge < -0.3 is 14.5 Å². The molecule has 1 N–H and O–H groups in total. The summed E-state index contributed by atoms with van der Waals surface area (Å²) in [6.45, 7) is 2.54. The zero-order valence-corrected chi connectivity index (χ0v) is 10.7. The van der Waals surface area contributed by atoms with E-state index in [0.717, 1.165) is 25.0 Å². The van der Waals surface area contributed by atoms with Gasteiger partial charge in [0.25, 0.3) is 0 Å². The molecule has 0 aliphatic carbocycles. The molecule has 0 spiro atoms. The second-order valence-electron chi connectivity index (χ2n) is 4.74. The van der Waals surface area contributed by atoms with E-state index in [0.29, 0.717) is 19.6 Å². The van der Waals surface area contributed by atoms with Crippen molar-refractivity contribution in [3.8, 4) is 0 Å². The van der Waals surface area contributed by atoms with Crippen molar-refractivity contribution in [2.24, 2.45) is 0 Å². The predicted octanol–water partition coefficient (Wildman–Crippen LogP) is 1.01. The number of amides is 1. The van der Waals surface area contributed by atoms with Crippen molar-refractivity contribution in [3.05, 3.63) is 24.2 Å². The summed E-state index contributed by atoms with van der Waals surface area (Å²) < 4.78 is 10.4. The van der Waals surface area contributed by atoms with Crippen molar-refractivity contribution >= 4 is 5.91 Å². The topological polar surface area (TPSA) is 54.7 Å². The first-order chi connectivity index (χ1) is 8.74. The van der Waals surface area contributed by atoms with Gasteiger partial charge in [0.15, 0.2) is 0 Å². The van der Waals surface area contributed by atoms with E-state index >= 15 is 0 Å². The lowest BCUT2D eigenvalue weighted by molar-refractivity contribution is -0.122. The highest BCUT2D eigenvalue weighted by Gasteiger charge is 2.16. The number of nitrogens with one attached hydrogen (secondary N) is 1. The van der Waals surface area contributed by atoms with E-state index in [2.05, 4.69) is 5.32 Å². The predicted molar refractivity (Wildman–Crippen MR) is 67.0 cm³/mol. The highest BCUT2D eigenvalue weighted by Crippen LogP contribution is 2.10. The monoisotopic (exact) mass is 252 g/mol. The van der Waals surface area contributed by atoms with Gasteiger partial charge in [-0.05, 0) is 26.0 Å². The van der Waals surface area contributed by atoms with E-state index < -0.39 is 0 Å². The van der Waals surface area contributed by atoms with Crippen LogP contribution in [0.3, 0.4) is 0 Å². The smallest absolute Gasteiger partial charge is 0.234 e. The molecular formula is C13H20N2O3. The average Bonchev–Trinajstić information content (AvgIpc) is 2.98. The van der Waals surface area contributed by atoms with Gasteiger partial charge in [-0.2, -0.15) is 0 Å². The largest absolute Gasteiger partial charge is 0.472 e. The molecule has 0 bridgehead atoms. The Morgan fingerprint density at radius 3 is 3.17 bits per heavy atom. The maximum atomic E-state index is 11.7. The Morgan fingerprint density at radius 1 is 1.61 bits per heavy atom. The van der Waals surface area contributed by atoms with Crippen LogP contribution in [0.25, 0.3) is 0 Å². The molecule has 0 aromatic carbocycles. The molecule has 5 nitrogen and oxygen atoms in total. The summed E-state index contributed by atoms with van der Waals surface area (Å²) in [5.74, 6) is 0.0384. The first-order valence-corrected chi connectivity index (χ1v) is 6.32. The minimum atomic E-state index is 0.0384. The van der Waals surface area contributed by atoms with Gasteiger partial charge in [0.1, 0.15) is 0 Å². The molecule has 1 fully saturated rings. The summed E-state index contributed by atoms with van der Waals surface area (Å²) in [5, 5.41) is 2.91. The van der Waals surface area contributed by atoms with E-state index in [9.17, 15) is 4.79 Å². The third kappa shape index (κ3) is 4.16. The summed E-state index contributed by atoms with van der Waals surface area (Å²) in [6.07, 6.45) is 5.68. The van der Waals surface area contributed by atoms with Crippen LogP contribution in [-0.2, 0) is 16.1 Å². The minimum absolute atomic E-state index is 0.0384. The van der Waals surface area contributed by atoms with Crippen LogP contribution in [0.4, 0.5) is 0 Å². The molecule has 1 saturated heterocycles. The molecule has 1 aliphatic rings. The van der Waals surface area contributed by atoms with Crippen LogP contribution in [0, 0.1) is 0 Å². The van der Waals surface area contributed by atoms with Crippen LogP contribution in [-0.4, -0.2) is 43.7 Å². The minimum Gasteiger partial charge on any atom is -0.472 e. The van der Waals surface area contributed by atoms with Crippen molar-refractivity contribution < 1.29 is 13.9 Å². The number of hydrogen-bond acceptors (Lipinski definition) is 4. The van der Waals surface area contributed by atoms with Crippen molar-refractivity contribution in [3.63, 3.8) is 0 Å². The Bertz CT molecular complexity index is 358. The van der Waals surface area contributed by atoms with Crippen LogP contribution >= 0.6 is 0 Å². The molecule has 0 radical (unpaired) electrons. The number of likely N-dealkylation sites (N-methyl/N-ethyl adjacent to an activating group) is 1. The SMILES string of the molecule is CN(CC(=O)NC[C@H]1CCCO1)Cc1ccoc1. The van der Waals surface area contributed by atoms with Gasteiger partial charge in [-0.25, -0.2) is 0 Å². The number of hydrogen-bond donors (Lipinski definition) is 1. The molecule has 1 atom stereocenters. The van der Waals surface area contributed by atoms with Crippen molar-refractivity contribution in [1.29, 1.82) is 0 Å². The van der Waals surface area contributed by atoms with Gasteiger partial charge in [-0.3, -0.25) is 9.69 Å². The summed E-state index contributed by atoms with van der Waals surface area (Å²) in [6, 6.07) is 1.90. The van der Waals surface area contributed by atoms with Crippen molar-refractivity contribution in [2.75, 3.05) is 26.7 Å². The summed E-state index contributed by atoms with van der Waals surface area (Å²) in [4.78, 5) is 13.7. The van der Waals surface area contributed by atoms with Crippen LogP contribution < -0.4 is 5.32 Å². The van der Waals surface area contributed by atoms with E-state index in [1.54, 1.807) is 12.5 Å². The lowest BCUT2D eigenvalue weighted by Crippen LogP contribution is -2.38. The molecule has 1 aromatic heterocycles. The highest BCUT2D eigenvalue weighted by atomic mass is 16.5. The van der Waals surface area contributed by atoms with Crippen LogP contribution in [0.5, 0.6) is 0 Å².